The van der Waals surface area contributed by atoms with E-state index in [2.05, 4.69) is 26.6 Å². The number of hydrogen-bond donors (Lipinski definition) is 2. The number of rotatable bonds is 5. The van der Waals surface area contributed by atoms with Gasteiger partial charge < -0.3 is 10.6 Å². The van der Waals surface area contributed by atoms with E-state index < -0.39 is 5.91 Å². The average Bonchev–Trinajstić information content (AvgIpc) is 3.29. The maximum Gasteiger partial charge on any atom is 0.275 e. The van der Waals surface area contributed by atoms with E-state index in [4.69, 9.17) is 6.42 Å². The number of thiazole rings is 1. The molecule has 26 heavy (non-hydrogen) atoms. The van der Waals surface area contributed by atoms with Crippen LogP contribution >= 0.6 is 11.3 Å². The van der Waals surface area contributed by atoms with Crippen LogP contribution in [0.5, 0.6) is 0 Å². The van der Waals surface area contributed by atoms with Gasteiger partial charge in [-0.1, -0.05) is 18.1 Å². The van der Waals surface area contributed by atoms with Gasteiger partial charge in [-0.3, -0.25) is 14.3 Å². The van der Waals surface area contributed by atoms with E-state index in [1.165, 1.54) is 11.3 Å². The van der Waals surface area contributed by atoms with Gasteiger partial charge in [0, 0.05) is 24.2 Å². The number of nitrogens with zero attached hydrogens (tertiary/aromatic N) is 3. The highest BCUT2D eigenvalue weighted by Crippen LogP contribution is 2.24. The molecule has 0 bridgehead atoms. The normalized spacial score (nSPS) is 10.2. The van der Waals surface area contributed by atoms with E-state index >= 15 is 0 Å². The van der Waals surface area contributed by atoms with Gasteiger partial charge in [-0.25, -0.2) is 4.98 Å². The molecule has 8 heteroatoms. The van der Waals surface area contributed by atoms with E-state index in [1.807, 2.05) is 13.2 Å². The number of terminal acetylenes is 1. The molecular formula is C18H15N5O2S. The Morgan fingerprint density at radius 3 is 2.85 bits per heavy atom. The molecule has 2 aromatic heterocycles. The zero-order chi connectivity index (χ0) is 18.5. The van der Waals surface area contributed by atoms with Gasteiger partial charge in [-0.15, -0.1) is 17.8 Å². The van der Waals surface area contributed by atoms with Crippen molar-refractivity contribution >= 4 is 28.8 Å². The van der Waals surface area contributed by atoms with E-state index in [0.29, 0.717) is 16.3 Å². The third-order valence-corrected chi connectivity index (χ3v) is 4.35. The number of nitrogens with one attached hydrogen (secondary N) is 2. The Balaban J connectivity index is 1.78. The molecule has 0 aliphatic carbocycles. The third-order valence-electron chi connectivity index (χ3n) is 3.46. The van der Waals surface area contributed by atoms with E-state index in [9.17, 15) is 9.59 Å². The average molecular weight is 365 g/mol. The van der Waals surface area contributed by atoms with E-state index in [1.54, 1.807) is 40.5 Å². The molecule has 0 aliphatic heterocycles. The minimum Gasteiger partial charge on any atom is -0.341 e. The third kappa shape index (κ3) is 3.79. The second kappa shape index (κ2) is 7.63. The molecule has 7 nitrogen and oxygen atoms in total. The zero-order valence-electron chi connectivity index (χ0n) is 13.9. The minimum absolute atomic E-state index is 0.113. The quantitative estimate of drug-likeness (QED) is 0.678. The van der Waals surface area contributed by atoms with Crippen molar-refractivity contribution in [3.8, 4) is 22.9 Å². The number of benzene rings is 1. The first kappa shape index (κ1) is 17.4. The lowest BCUT2D eigenvalue weighted by Gasteiger charge is -2.09. The summed E-state index contributed by atoms with van der Waals surface area (Å²) in [6, 6.07) is 6.71. The molecule has 2 heterocycles. The molecule has 0 saturated heterocycles. The summed E-state index contributed by atoms with van der Waals surface area (Å²) >= 11 is 1.35. The molecule has 0 atom stereocenters. The van der Waals surface area contributed by atoms with Crippen LogP contribution in [-0.4, -0.2) is 33.1 Å². The van der Waals surface area contributed by atoms with Crippen LogP contribution in [0.3, 0.4) is 0 Å². The lowest BCUT2D eigenvalue weighted by atomic mass is 10.1. The summed E-state index contributed by atoms with van der Waals surface area (Å²) in [7, 11) is 1.81. The highest BCUT2D eigenvalue weighted by molar-refractivity contribution is 7.13. The zero-order valence-corrected chi connectivity index (χ0v) is 14.7. The van der Waals surface area contributed by atoms with Crippen molar-refractivity contribution in [3.63, 3.8) is 0 Å². The molecule has 3 rings (SSSR count). The van der Waals surface area contributed by atoms with Gasteiger partial charge in [0.25, 0.3) is 11.8 Å². The fourth-order valence-corrected chi connectivity index (χ4v) is 3.02. The van der Waals surface area contributed by atoms with Gasteiger partial charge in [0.2, 0.25) is 0 Å². The van der Waals surface area contributed by atoms with Gasteiger partial charge >= 0.3 is 0 Å². The molecule has 2 N–H and O–H groups in total. The predicted octanol–water partition coefficient (Wildman–Crippen LogP) is 2.16. The molecule has 0 spiro atoms. The molecule has 1 aromatic carbocycles. The largest absolute Gasteiger partial charge is 0.341 e. The lowest BCUT2D eigenvalue weighted by molar-refractivity contribution is 0.0959. The Morgan fingerprint density at radius 2 is 2.12 bits per heavy atom. The summed E-state index contributed by atoms with van der Waals surface area (Å²) in [6.07, 6.45) is 8.67. The van der Waals surface area contributed by atoms with Crippen molar-refractivity contribution in [2.24, 2.45) is 7.05 Å². The number of carbonyl (C=O) groups excluding carboxylic acids is 2. The number of aryl methyl sites for hydroxylation is 1. The van der Waals surface area contributed by atoms with E-state index in [0.717, 1.165) is 5.56 Å². The molecule has 0 fully saturated rings. The van der Waals surface area contributed by atoms with Crippen LogP contribution in [0.1, 0.15) is 20.8 Å². The van der Waals surface area contributed by atoms with Gasteiger partial charge in [-0.05, 0) is 12.1 Å². The second-order valence-corrected chi connectivity index (χ2v) is 6.19. The maximum absolute atomic E-state index is 12.5. The molecule has 0 unspecified atom stereocenters. The standard InChI is InChI=1S/C18H15N5O2S/c1-3-8-19-16(24)13-6-4-5-7-14(13)21-17(25)15-11-26-18(22-15)12-9-20-23(2)10-12/h1,4-7,9-11H,8H2,2H3,(H,19,24)(H,21,25). The van der Waals surface area contributed by atoms with Crippen LogP contribution in [0, 0.1) is 12.3 Å². The van der Waals surface area contributed by atoms with Crippen molar-refractivity contribution in [2.75, 3.05) is 11.9 Å². The predicted molar refractivity (Wildman–Crippen MR) is 99.9 cm³/mol. The first-order chi connectivity index (χ1) is 12.6. The van der Waals surface area contributed by atoms with Gasteiger partial charge in [0.15, 0.2) is 0 Å². The van der Waals surface area contributed by atoms with Crippen LogP contribution in [0.2, 0.25) is 0 Å². The molecule has 130 valence electrons. The lowest BCUT2D eigenvalue weighted by Crippen LogP contribution is -2.25. The van der Waals surface area contributed by atoms with Crippen molar-refractivity contribution in [1.82, 2.24) is 20.1 Å². The Kier molecular flexibility index (Phi) is 5.10. The highest BCUT2D eigenvalue weighted by atomic mass is 32.1. The molecular weight excluding hydrogens is 350 g/mol. The maximum atomic E-state index is 12.5. The van der Waals surface area contributed by atoms with Crippen LogP contribution in [0.25, 0.3) is 10.6 Å². The molecule has 0 radical (unpaired) electrons. The Morgan fingerprint density at radius 1 is 1.31 bits per heavy atom. The summed E-state index contributed by atoms with van der Waals surface area (Å²) in [4.78, 5) is 29.0. The molecule has 0 aliphatic rings. The molecule has 2 amide bonds. The van der Waals surface area contributed by atoms with Crippen molar-refractivity contribution in [2.45, 2.75) is 0 Å². The SMILES string of the molecule is C#CCNC(=O)c1ccccc1NC(=O)c1csc(-c2cnn(C)c2)n1. The first-order valence-electron chi connectivity index (χ1n) is 7.65. The second-order valence-electron chi connectivity index (χ2n) is 5.33. The van der Waals surface area contributed by atoms with Crippen molar-refractivity contribution in [1.29, 1.82) is 0 Å². The molecule has 0 saturated carbocycles. The number of amides is 2. The number of hydrogen-bond acceptors (Lipinski definition) is 5. The van der Waals surface area contributed by atoms with Gasteiger partial charge in [-0.2, -0.15) is 5.10 Å². The summed E-state index contributed by atoms with van der Waals surface area (Å²) in [6.45, 7) is 0.113. The topological polar surface area (TPSA) is 88.9 Å². The van der Waals surface area contributed by atoms with Crippen LogP contribution in [0.15, 0.2) is 42.0 Å². The Bertz CT molecular complexity index is 999. The number of carbonyl (C=O) groups is 2. The number of anilines is 1. The van der Waals surface area contributed by atoms with Crippen LogP contribution in [0.4, 0.5) is 5.69 Å². The fourth-order valence-electron chi connectivity index (χ4n) is 2.25. The van der Waals surface area contributed by atoms with Crippen molar-refractivity contribution < 1.29 is 9.59 Å². The molecule has 3 aromatic rings. The summed E-state index contributed by atoms with van der Waals surface area (Å²) < 4.78 is 1.67. The fraction of sp³-hybridized carbons (Fsp3) is 0.111. The summed E-state index contributed by atoms with van der Waals surface area (Å²) in [5, 5.41) is 11.8. The first-order valence-corrected chi connectivity index (χ1v) is 8.53. The van der Waals surface area contributed by atoms with Gasteiger partial charge in [0.1, 0.15) is 10.7 Å². The van der Waals surface area contributed by atoms with Crippen molar-refractivity contribution in [3.05, 3.63) is 53.3 Å². The Labute approximate surface area is 154 Å². The Hall–Kier alpha value is -3.44. The number of para-hydroxylation sites is 1. The summed E-state index contributed by atoms with van der Waals surface area (Å²) in [5.41, 5.74) is 1.83. The minimum atomic E-state index is -0.395. The monoisotopic (exact) mass is 365 g/mol. The van der Waals surface area contributed by atoms with E-state index in [-0.39, 0.29) is 18.1 Å². The smallest absolute Gasteiger partial charge is 0.275 e. The highest BCUT2D eigenvalue weighted by Gasteiger charge is 2.16. The van der Waals surface area contributed by atoms with Crippen LogP contribution in [-0.2, 0) is 7.05 Å². The number of aromatic nitrogens is 3. The van der Waals surface area contributed by atoms with Crippen LogP contribution < -0.4 is 10.6 Å². The van der Waals surface area contributed by atoms with Gasteiger partial charge in [0.05, 0.1) is 24.0 Å². The summed E-state index contributed by atoms with van der Waals surface area (Å²) in [5.74, 6) is 1.59.